The van der Waals surface area contributed by atoms with Crippen molar-refractivity contribution in [1.82, 2.24) is 29.5 Å². The van der Waals surface area contributed by atoms with Crippen molar-refractivity contribution in [2.75, 3.05) is 11.1 Å². The first kappa shape index (κ1) is 40.3. The fraction of sp³-hybridized carbons (Fsp3) is 0.200. The largest absolute Gasteiger partial charge is 0.476 e. The predicted molar refractivity (Wildman–Crippen MR) is 210 cm³/mol. The van der Waals surface area contributed by atoms with Gasteiger partial charge in [0.2, 0.25) is 0 Å². The van der Waals surface area contributed by atoms with Crippen LogP contribution in [0.15, 0.2) is 107 Å². The van der Waals surface area contributed by atoms with Gasteiger partial charge in [-0.2, -0.15) is 10.2 Å². The number of benzene rings is 2. The number of nitrogens with zero attached hydrogens (tertiary/aromatic N) is 6. The molecule has 8 rings (SSSR count). The molecule has 1 amide bonds. The second kappa shape index (κ2) is 18.1. The molecule has 0 radical (unpaired) electrons. The van der Waals surface area contributed by atoms with Gasteiger partial charge in [0.15, 0.2) is 5.69 Å². The van der Waals surface area contributed by atoms with E-state index >= 15 is 0 Å². The Bertz CT molecular complexity index is 2490. The van der Waals surface area contributed by atoms with Gasteiger partial charge in [-0.3, -0.25) is 14.4 Å². The number of carboxylic acids is 1. The fourth-order valence-electron chi connectivity index (χ4n) is 5.47. The number of halogens is 4. The first-order valence-corrected chi connectivity index (χ1v) is 18.3. The van der Waals surface area contributed by atoms with Gasteiger partial charge in [0.1, 0.15) is 29.0 Å². The summed E-state index contributed by atoms with van der Waals surface area (Å²) >= 11 is 11.6. The number of hydrogen-bond acceptors (Lipinski definition) is 9. The van der Waals surface area contributed by atoms with Crippen molar-refractivity contribution >= 4 is 46.7 Å². The number of amides is 1. The van der Waals surface area contributed by atoms with Crippen LogP contribution in [0.4, 0.5) is 20.4 Å². The van der Waals surface area contributed by atoms with E-state index in [9.17, 15) is 28.0 Å². The lowest BCUT2D eigenvalue weighted by molar-refractivity contribution is 0.0687. The minimum Gasteiger partial charge on any atom is -0.476 e. The molecule has 292 valence electrons. The molecule has 2 aliphatic rings. The van der Waals surface area contributed by atoms with Gasteiger partial charge < -0.3 is 16.2 Å². The number of nitrogens with two attached hydrogens (primary N) is 1. The smallest absolute Gasteiger partial charge is 0.356 e. The summed E-state index contributed by atoms with van der Waals surface area (Å²) in [5.74, 6) is -1.43. The van der Waals surface area contributed by atoms with Crippen molar-refractivity contribution in [2.24, 2.45) is 0 Å². The first-order valence-electron chi connectivity index (χ1n) is 17.6. The van der Waals surface area contributed by atoms with Crippen LogP contribution in [-0.4, -0.2) is 46.5 Å². The number of carbonyl (C=O) groups is 2. The molecule has 0 unspecified atom stereocenters. The first-order chi connectivity index (χ1) is 27.3. The number of carbonyl (C=O) groups excluding carboxylic acids is 1. The summed E-state index contributed by atoms with van der Waals surface area (Å²) in [5.41, 5.74) is 8.48. The summed E-state index contributed by atoms with van der Waals surface area (Å²) in [7, 11) is 0. The lowest BCUT2D eigenvalue weighted by atomic mass is 10.1. The molecule has 17 heteroatoms. The third-order valence-electron chi connectivity index (χ3n) is 8.46. The molecule has 4 aromatic heterocycles. The molecular weight excluding hydrogens is 781 g/mol. The van der Waals surface area contributed by atoms with Crippen molar-refractivity contribution in [1.29, 1.82) is 0 Å². The quantitative estimate of drug-likeness (QED) is 0.138. The Morgan fingerprint density at radius 2 is 1.18 bits per heavy atom. The third-order valence-corrected chi connectivity index (χ3v) is 8.90. The molecule has 13 nitrogen and oxygen atoms in total. The second-order valence-electron chi connectivity index (χ2n) is 13.3. The number of nitrogen functional groups attached to an aromatic ring is 1. The fourth-order valence-corrected chi connectivity index (χ4v) is 5.96. The number of hydrogen-bond donors (Lipinski definition) is 3. The highest BCUT2D eigenvalue weighted by molar-refractivity contribution is 6.30. The second-order valence-corrected chi connectivity index (χ2v) is 14.1. The summed E-state index contributed by atoms with van der Waals surface area (Å²) in [4.78, 5) is 54.1. The molecule has 2 fully saturated rings. The summed E-state index contributed by atoms with van der Waals surface area (Å²) < 4.78 is 29.1. The van der Waals surface area contributed by atoms with Gasteiger partial charge in [0.25, 0.3) is 17.0 Å². The maximum atomic E-state index is 13.4. The van der Waals surface area contributed by atoms with E-state index in [1.807, 2.05) is 6.07 Å². The van der Waals surface area contributed by atoms with Crippen molar-refractivity contribution in [3.05, 3.63) is 173 Å². The minimum atomic E-state index is -1.10. The molecule has 0 atom stereocenters. The molecule has 4 heterocycles. The van der Waals surface area contributed by atoms with Crippen molar-refractivity contribution in [3.63, 3.8) is 0 Å². The summed E-state index contributed by atoms with van der Waals surface area (Å²) in [6, 6.07) is 21.3. The lowest BCUT2D eigenvalue weighted by Gasteiger charge is -2.08. The number of carboxylic acid groups (broad SMARTS) is 1. The molecule has 0 bridgehead atoms. The minimum absolute atomic E-state index is 0.0773. The molecule has 2 aliphatic carbocycles. The van der Waals surface area contributed by atoms with E-state index in [0.29, 0.717) is 34.5 Å². The van der Waals surface area contributed by atoms with Crippen LogP contribution in [0.2, 0.25) is 10.0 Å². The average Bonchev–Trinajstić information content (AvgIpc) is 4.09. The van der Waals surface area contributed by atoms with Gasteiger partial charge >= 0.3 is 5.97 Å². The highest BCUT2D eigenvalue weighted by atomic mass is 35.5. The van der Waals surface area contributed by atoms with Crippen LogP contribution in [0, 0.1) is 11.6 Å². The number of rotatable bonds is 9. The maximum absolute atomic E-state index is 13.4. The van der Waals surface area contributed by atoms with Crippen LogP contribution in [0.1, 0.15) is 81.0 Å². The Labute approximate surface area is 333 Å². The Hall–Kier alpha value is -6.32. The van der Waals surface area contributed by atoms with E-state index in [-0.39, 0.29) is 46.2 Å². The van der Waals surface area contributed by atoms with E-state index < -0.39 is 11.9 Å². The Kier molecular flexibility index (Phi) is 12.8. The van der Waals surface area contributed by atoms with Crippen LogP contribution in [0.5, 0.6) is 0 Å². The van der Waals surface area contributed by atoms with Crippen LogP contribution in [0.25, 0.3) is 0 Å². The Morgan fingerprint density at radius 3 is 1.61 bits per heavy atom. The zero-order chi connectivity index (χ0) is 40.6. The van der Waals surface area contributed by atoms with Gasteiger partial charge in [-0.15, -0.1) is 0 Å². The van der Waals surface area contributed by atoms with Crippen LogP contribution in [0.3, 0.4) is 0 Å². The molecule has 6 aromatic rings. The summed E-state index contributed by atoms with van der Waals surface area (Å²) in [6.45, 7) is 0. The topological polar surface area (TPSA) is 188 Å². The average molecular weight is 816 g/mol. The summed E-state index contributed by atoms with van der Waals surface area (Å²) in [6.07, 6.45) is 7.96. The summed E-state index contributed by atoms with van der Waals surface area (Å²) in [5, 5.41) is 19.9. The Morgan fingerprint density at radius 1 is 0.684 bits per heavy atom. The Balaban J connectivity index is 0.000000160. The van der Waals surface area contributed by atoms with Crippen LogP contribution < -0.4 is 22.2 Å². The van der Waals surface area contributed by atoms with Gasteiger partial charge in [-0.25, -0.2) is 32.9 Å². The SMILES string of the molecule is Nc1ccc(Cc2cc(F)cc(Cl)c2)cn1.O=C(Nc1ccc(Cc2cc(F)cc(Cl)c2)cn1)c1ccc(=O)n(C2CC2)n1.O=C(O)c1ccc(=O)n(C2CC2)n1. The van der Waals surface area contributed by atoms with E-state index in [4.69, 9.17) is 34.0 Å². The number of aromatic carboxylic acids is 1. The van der Waals surface area contributed by atoms with E-state index in [1.165, 1.54) is 57.9 Å². The molecule has 0 saturated heterocycles. The third kappa shape index (κ3) is 11.8. The number of anilines is 2. The van der Waals surface area contributed by atoms with Gasteiger partial charge in [-0.05, 0) is 121 Å². The van der Waals surface area contributed by atoms with Gasteiger partial charge in [0.05, 0.1) is 12.1 Å². The molecule has 0 spiro atoms. The molecule has 57 heavy (non-hydrogen) atoms. The monoisotopic (exact) mass is 814 g/mol. The molecule has 4 N–H and O–H groups in total. The van der Waals surface area contributed by atoms with Gasteiger partial charge in [-0.1, -0.05) is 35.3 Å². The molecular formula is C40H34Cl2F2N8O5. The maximum Gasteiger partial charge on any atom is 0.356 e. The van der Waals surface area contributed by atoms with Crippen molar-refractivity contribution in [2.45, 2.75) is 50.6 Å². The highest BCUT2D eigenvalue weighted by Crippen LogP contribution is 2.33. The van der Waals surface area contributed by atoms with Crippen molar-refractivity contribution < 1.29 is 23.5 Å². The highest BCUT2D eigenvalue weighted by Gasteiger charge is 2.27. The van der Waals surface area contributed by atoms with Gasteiger partial charge in [0, 0.05) is 34.6 Å². The standard InChI is InChI=1S/C20H16ClFN4O2.C12H10ClFN2.C8H8N2O3/c21-14-8-13(9-15(22)10-14)7-12-1-5-18(23-11-12)24-20(28)17-4-6-19(27)26(25-17)16-2-3-16;13-10-4-9(5-11(14)6-10)3-8-1-2-12(15)16-7-8;11-7-4-3-6(8(12)13)9-10(7)5-1-2-5/h1,4-6,8-11,16H,2-3,7H2,(H,23,24,28);1-2,4-7H,3H2,(H2,15,16);3-5H,1-2H2,(H,12,13). The number of nitrogens with one attached hydrogen (secondary N) is 1. The molecule has 2 saturated carbocycles. The van der Waals surface area contributed by atoms with E-state index in [0.717, 1.165) is 47.9 Å². The van der Waals surface area contributed by atoms with Crippen molar-refractivity contribution in [3.8, 4) is 0 Å². The molecule has 0 aliphatic heterocycles. The van der Waals surface area contributed by atoms with Crippen LogP contribution in [-0.2, 0) is 12.8 Å². The number of aromatic nitrogens is 6. The van der Waals surface area contributed by atoms with E-state index in [1.54, 1.807) is 42.7 Å². The van der Waals surface area contributed by atoms with E-state index in [2.05, 4.69) is 25.5 Å². The zero-order valence-electron chi connectivity index (χ0n) is 30.0. The lowest BCUT2D eigenvalue weighted by Crippen LogP contribution is -2.25. The number of pyridine rings is 2. The normalized spacial score (nSPS) is 13.1. The zero-order valence-corrected chi connectivity index (χ0v) is 31.5. The van der Waals surface area contributed by atoms with Crippen LogP contribution >= 0.6 is 23.2 Å². The molecule has 2 aromatic carbocycles. The predicted octanol–water partition coefficient (Wildman–Crippen LogP) is 6.93.